The second-order valence-electron chi connectivity index (χ2n) is 20.0. The summed E-state index contributed by atoms with van der Waals surface area (Å²) in [5, 5.41) is 23.2. The highest BCUT2D eigenvalue weighted by Crippen LogP contribution is 2.17. The van der Waals surface area contributed by atoms with E-state index in [0.29, 0.717) is 6.42 Å². The van der Waals surface area contributed by atoms with E-state index in [1.165, 1.54) is 186 Å². The van der Waals surface area contributed by atoms with Crippen LogP contribution in [0.2, 0.25) is 0 Å². The van der Waals surface area contributed by atoms with E-state index in [9.17, 15) is 15.0 Å². The van der Waals surface area contributed by atoms with Gasteiger partial charge in [0.25, 0.3) is 0 Å². The van der Waals surface area contributed by atoms with Crippen LogP contribution in [0.15, 0.2) is 97.2 Å². The zero-order valence-corrected chi connectivity index (χ0v) is 45.8. The van der Waals surface area contributed by atoms with Crippen LogP contribution in [-0.2, 0) is 4.79 Å². The second-order valence-corrected chi connectivity index (χ2v) is 20.0. The maximum absolute atomic E-state index is 12.5. The van der Waals surface area contributed by atoms with Gasteiger partial charge in [-0.25, -0.2) is 0 Å². The monoisotopic (exact) mass is 958 g/mol. The molecule has 0 heterocycles. The fourth-order valence-corrected chi connectivity index (χ4v) is 8.79. The molecule has 398 valence electrons. The molecule has 0 aromatic rings. The summed E-state index contributed by atoms with van der Waals surface area (Å²) in [5.74, 6) is -0.0837. The number of allylic oxidation sites excluding steroid dienone is 15. The highest BCUT2D eigenvalue weighted by molar-refractivity contribution is 5.76. The lowest BCUT2D eigenvalue weighted by atomic mass is 10.0. The molecular weight excluding hydrogens is 843 g/mol. The van der Waals surface area contributed by atoms with Gasteiger partial charge in [0.2, 0.25) is 5.91 Å². The average Bonchev–Trinajstić information content (AvgIpc) is 3.35. The Morgan fingerprint density at radius 3 is 1.01 bits per heavy atom. The van der Waals surface area contributed by atoms with E-state index < -0.39 is 12.1 Å². The van der Waals surface area contributed by atoms with Gasteiger partial charge in [0.15, 0.2) is 0 Å². The first kappa shape index (κ1) is 66.3. The zero-order chi connectivity index (χ0) is 49.9. The molecule has 0 spiro atoms. The summed E-state index contributed by atoms with van der Waals surface area (Å²) in [7, 11) is 0. The van der Waals surface area contributed by atoms with Crippen LogP contribution in [0.1, 0.15) is 290 Å². The number of nitrogens with one attached hydrogen (secondary N) is 1. The summed E-state index contributed by atoms with van der Waals surface area (Å²) in [5.41, 5.74) is 0. The molecular formula is C65H115NO3. The fraction of sp³-hybridized carbons (Fsp3) is 0.738. The van der Waals surface area contributed by atoms with Gasteiger partial charge in [0, 0.05) is 6.42 Å². The summed E-state index contributed by atoms with van der Waals surface area (Å²) in [6.45, 7) is 4.20. The molecule has 4 heteroatoms. The van der Waals surface area contributed by atoms with Crippen LogP contribution in [-0.4, -0.2) is 34.9 Å². The maximum atomic E-state index is 12.5. The number of amides is 1. The molecule has 0 aliphatic carbocycles. The van der Waals surface area contributed by atoms with Gasteiger partial charge in [-0.2, -0.15) is 0 Å². The molecule has 0 aromatic heterocycles. The van der Waals surface area contributed by atoms with Gasteiger partial charge in [-0.1, -0.05) is 297 Å². The lowest BCUT2D eigenvalue weighted by Crippen LogP contribution is -2.45. The predicted molar refractivity (Wildman–Crippen MR) is 308 cm³/mol. The van der Waals surface area contributed by atoms with Gasteiger partial charge in [-0.15, -0.1) is 0 Å². The molecule has 3 N–H and O–H groups in total. The Morgan fingerprint density at radius 1 is 0.362 bits per heavy atom. The van der Waals surface area contributed by atoms with Gasteiger partial charge in [0.1, 0.15) is 0 Å². The van der Waals surface area contributed by atoms with Crippen LogP contribution in [0.3, 0.4) is 0 Å². The first-order valence-corrected chi connectivity index (χ1v) is 30.0. The molecule has 0 aliphatic rings. The maximum Gasteiger partial charge on any atom is 0.220 e. The predicted octanol–water partition coefficient (Wildman–Crippen LogP) is 20.1. The van der Waals surface area contributed by atoms with E-state index in [0.717, 1.165) is 83.5 Å². The van der Waals surface area contributed by atoms with E-state index in [-0.39, 0.29) is 12.5 Å². The Balaban J connectivity index is 3.57. The largest absolute Gasteiger partial charge is 0.394 e. The number of carbonyl (C=O) groups excluding carboxylic acids is 1. The van der Waals surface area contributed by atoms with Crippen LogP contribution in [0, 0.1) is 0 Å². The smallest absolute Gasteiger partial charge is 0.220 e. The van der Waals surface area contributed by atoms with Gasteiger partial charge in [0.05, 0.1) is 18.8 Å². The van der Waals surface area contributed by atoms with Crippen molar-refractivity contribution in [3.05, 3.63) is 97.2 Å². The standard InChI is InChI=1S/C65H115NO3/c1-3-5-7-9-11-13-15-17-19-21-23-25-27-29-31-32-33-35-36-38-40-42-44-46-48-50-52-54-56-58-60-64(68)63(62-67)66-65(69)61-59-57-55-53-51-49-47-45-43-41-39-37-34-30-28-26-24-22-20-18-16-14-12-10-8-6-4-2/h6,8,12,14,18,20,24,26,30,34,39,41,50,52,58,60,63-64,67-68H,3-5,7,9-11,13,15-17,19,21-23,25,27-29,31-33,35-38,40,42-49,51,53-57,59,61-62H2,1-2H3,(H,66,69)/b8-6-,14-12-,20-18-,26-24-,34-30-,41-39-,52-50+,60-58+. The van der Waals surface area contributed by atoms with Crippen molar-refractivity contribution < 1.29 is 15.0 Å². The summed E-state index contributed by atoms with van der Waals surface area (Å²) in [6.07, 6.45) is 88.7. The van der Waals surface area contributed by atoms with Crippen molar-refractivity contribution in [3.8, 4) is 0 Å². The highest BCUT2D eigenvalue weighted by Gasteiger charge is 2.18. The normalized spacial score (nSPS) is 13.5. The molecule has 4 nitrogen and oxygen atoms in total. The molecule has 69 heavy (non-hydrogen) atoms. The van der Waals surface area contributed by atoms with E-state index >= 15 is 0 Å². The third-order valence-corrected chi connectivity index (χ3v) is 13.3. The molecule has 2 atom stereocenters. The molecule has 0 bridgehead atoms. The van der Waals surface area contributed by atoms with Crippen LogP contribution < -0.4 is 5.32 Å². The lowest BCUT2D eigenvalue weighted by Gasteiger charge is -2.19. The number of unbranched alkanes of at least 4 members (excludes halogenated alkanes) is 33. The molecule has 0 aliphatic heterocycles. The van der Waals surface area contributed by atoms with Gasteiger partial charge >= 0.3 is 0 Å². The fourth-order valence-electron chi connectivity index (χ4n) is 8.79. The van der Waals surface area contributed by atoms with Crippen molar-refractivity contribution in [1.29, 1.82) is 0 Å². The molecule has 0 rings (SSSR count). The Bertz CT molecular complexity index is 1270. The Morgan fingerprint density at radius 2 is 0.652 bits per heavy atom. The zero-order valence-electron chi connectivity index (χ0n) is 45.8. The van der Waals surface area contributed by atoms with Crippen molar-refractivity contribution in [1.82, 2.24) is 5.32 Å². The van der Waals surface area contributed by atoms with E-state index in [2.05, 4.69) is 104 Å². The van der Waals surface area contributed by atoms with Crippen molar-refractivity contribution in [3.63, 3.8) is 0 Å². The molecule has 1 amide bonds. The van der Waals surface area contributed by atoms with Gasteiger partial charge in [-0.05, 0) is 83.5 Å². The number of hydrogen-bond donors (Lipinski definition) is 3. The van der Waals surface area contributed by atoms with Crippen LogP contribution in [0.25, 0.3) is 0 Å². The molecule has 2 unspecified atom stereocenters. The van der Waals surface area contributed by atoms with Crippen molar-refractivity contribution in [2.75, 3.05) is 6.61 Å². The Kier molecular flexibility index (Phi) is 57.3. The van der Waals surface area contributed by atoms with Crippen LogP contribution >= 0.6 is 0 Å². The molecule has 0 saturated carbocycles. The van der Waals surface area contributed by atoms with Crippen molar-refractivity contribution in [2.45, 2.75) is 302 Å². The minimum atomic E-state index is -0.874. The Labute approximate surface area is 430 Å². The van der Waals surface area contributed by atoms with Gasteiger partial charge < -0.3 is 15.5 Å². The average molecular weight is 959 g/mol. The summed E-state index contributed by atoms with van der Waals surface area (Å²) in [6, 6.07) is -0.652. The topological polar surface area (TPSA) is 69.6 Å². The first-order chi connectivity index (χ1) is 34.2. The van der Waals surface area contributed by atoms with Crippen molar-refractivity contribution >= 4 is 5.91 Å². The lowest BCUT2D eigenvalue weighted by molar-refractivity contribution is -0.123. The number of hydrogen-bond acceptors (Lipinski definition) is 3. The molecule has 0 saturated heterocycles. The molecule has 0 aromatic carbocycles. The van der Waals surface area contributed by atoms with E-state index in [1.807, 2.05) is 6.08 Å². The molecule has 0 fully saturated rings. The Hall–Kier alpha value is -2.69. The number of aliphatic hydroxyl groups excluding tert-OH is 2. The third-order valence-electron chi connectivity index (χ3n) is 13.3. The summed E-state index contributed by atoms with van der Waals surface area (Å²) in [4.78, 5) is 12.5. The number of aliphatic hydroxyl groups is 2. The summed E-state index contributed by atoms with van der Waals surface area (Å²) < 4.78 is 0. The van der Waals surface area contributed by atoms with E-state index in [1.54, 1.807) is 6.08 Å². The minimum Gasteiger partial charge on any atom is -0.394 e. The number of rotatable bonds is 54. The van der Waals surface area contributed by atoms with Crippen LogP contribution in [0.5, 0.6) is 0 Å². The minimum absolute atomic E-state index is 0.0837. The summed E-state index contributed by atoms with van der Waals surface area (Å²) >= 11 is 0. The van der Waals surface area contributed by atoms with Gasteiger partial charge in [-0.3, -0.25) is 4.79 Å². The SMILES string of the molecule is CC/C=C\C/C=C\C/C=C\C/C=C\C/C=C\C/C=C\CCCCCCCCCCC(=O)NC(CO)C(O)/C=C/CC/C=C/CCCCCCCCCCCCCCCCCCCCCCCCCC. The van der Waals surface area contributed by atoms with E-state index in [4.69, 9.17) is 0 Å². The van der Waals surface area contributed by atoms with Crippen molar-refractivity contribution in [2.24, 2.45) is 0 Å². The first-order valence-electron chi connectivity index (χ1n) is 30.0. The molecule has 0 radical (unpaired) electrons. The quantitative estimate of drug-likeness (QED) is 0.0420. The second kappa shape index (κ2) is 59.6. The highest BCUT2D eigenvalue weighted by atomic mass is 16.3. The number of carbonyl (C=O) groups is 1. The third kappa shape index (κ3) is 56.1. The van der Waals surface area contributed by atoms with Crippen LogP contribution in [0.4, 0.5) is 0 Å².